The number of urea groups is 1. The van der Waals surface area contributed by atoms with Crippen molar-refractivity contribution >= 4 is 29.2 Å². The molecule has 0 radical (unpaired) electrons. The van der Waals surface area contributed by atoms with Crippen LogP contribution in [0.4, 0.5) is 10.5 Å². The van der Waals surface area contributed by atoms with Crippen molar-refractivity contribution in [3.8, 4) is 0 Å². The van der Waals surface area contributed by atoms with Gasteiger partial charge < -0.3 is 30.1 Å². The molecule has 2 aliphatic heterocycles. The molecule has 3 fully saturated rings. The van der Waals surface area contributed by atoms with Gasteiger partial charge in [-0.3, -0.25) is 4.79 Å². The molecule has 1 aliphatic carbocycles. The first-order chi connectivity index (χ1) is 15.0. The summed E-state index contributed by atoms with van der Waals surface area (Å²) in [6, 6.07) is 6.33. The van der Waals surface area contributed by atoms with Crippen LogP contribution < -0.4 is 10.6 Å². The molecule has 0 unspecified atom stereocenters. The van der Waals surface area contributed by atoms with Crippen molar-refractivity contribution < 1.29 is 24.2 Å². The maximum absolute atomic E-state index is 13.0. The molecule has 9 heteroatoms. The van der Waals surface area contributed by atoms with Crippen LogP contribution in [0, 0.1) is 5.92 Å². The number of hydrogen-bond donors (Lipinski definition) is 3. The largest absolute Gasteiger partial charge is 0.389 e. The standard InChI is InChI=1S/C22H30ClN3O5/c23-15-3-5-16(6-4-15)25-22(29)26-11-17(27)12-30-13-20-19(26)8-7-18(31-20)9-21(28)24-10-14-1-2-14/h3-6,14,17-20,27H,1-2,7-13H2,(H,24,28)(H,25,29)/t17-,18+,19-,20+/m1/s1. The molecule has 1 saturated carbocycles. The zero-order chi connectivity index (χ0) is 21.8. The number of nitrogens with one attached hydrogen (secondary N) is 2. The predicted octanol–water partition coefficient (Wildman–Crippen LogP) is 2.40. The Bertz CT molecular complexity index is 773. The number of β-amino-alcohol motifs (C(OH)–C–C–N with tert-alkyl or cyclic N) is 1. The van der Waals surface area contributed by atoms with Crippen LogP contribution in [0.1, 0.15) is 32.1 Å². The van der Waals surface area contributed by atoms with Gasteiger partial charge in [0.25, 0.3) is 0 Å². The normalized spacial score (nSPS) is 28.8. The minimum Gasteiger partial charge on any atom is -0.389 e. The van der Waals surface area contributed by atoms with E-state index < -0.39 is 6.10 Å². The van der Waals surface area contributed by atoms with Gasteiger partial charge in [0.1, 0.15) is 6.10 Å². The minimum absolute atomic E-state index is 0.00914. The van der Waals surface area contributed by atoms with E-state index >= 15 is 0 Å². The third-order valence-corrected chi connectivity index (χ3v) is 6.29. The number of halogens is 1. The molecule has 3 aliphatic rings. The fourth-order valence-corrected chi connectivity index (χ4v) is 4.29. The third kappa shape index (κ3) is 6.32. The monoisotopic (exact) mass is 451 g/mol. The highest BCUT2D eigenvalue weighted by atomic mass is 35.5. The summed E-state index contributed by atoms with van der Waals surface area (Å²) in [5.74, 6) is 0.647. The van der Waals surface area contributed by atoms with E-state index in [0.29, 0.717) is 35.9 Å². The Morgan fingerprint density at radius 3 is 2.65 bits per heavy atom. The Morgan fingerprint density at radius 1 is 1.13 bits per heavy atom. The SMILES string of the molecule is O=C(C[C@@H]1CC[C@@H]2[C@H](COC[C@H](O)CN2C(=O)Nc2ccc(Cl)cc2)O1)NCC1CC1. The lowest BCUT2D eigenvalue weighted by Gasteiger charge is -2.44. The molecule has 4 rings (SSSR count). The van der Waals surface area contributed by atoms with E-state index in [4.69, 9.17) is 21.1 Å². The van der Waals surface area contributed by atoms with Crippen molar-refractivity contribution in [2.24, 2.45) is 5.92 Å². The van der Waals surface area contributed by atoms with E-state index in [1.807, 2.05) is 0 Å². The first-order valence-corrected chi connectivity index (χ1v) is 11.4. The van der Waals surface area contributed by atoms with Gasteiger partial charge in [0, 0.05) is 17.3 Å². The number of benzene rings is 1. The molecule has 1 aromatic carbocycles. The second-order valence-corrected chi connectivity index (χ2v) is 9.11. The second-order valence-electron chi connectivity index (χ2n) is 8.67. The second kappa shape index (κ2) is 10.2. The highest BCUT2D eigenvalue weighted by Crippen LogP contribution is 2.29. The number of nitrogens with zero attached hydrogens (tertiary/aromatic N) is 1. The topological polar surface area (TPSA) is 100 Å². The van der Waals surface area contributed by atoms with Crippen LogP contribution in [-0.2, 0) is 14.3 Å². The maximum atomic E-state index is 13.0. The number of anilines is 1. The van der Waals surface area contributed by atoms with Gasteiger partial charge in [-0.1, -0.05) is 11.6 Å². The number of carbonyl (C=O) groups excluding carboxylic acids is 2. The lowest BCUT2D eigenvalue weighted by Crippen LogP contribution is -2.58. The van der Waals surface area contributed by atoms with Crippen molar-refractivity contribution in [2.75, 3.05) is 31.6 Å². The molecule has 0 bridgehead atoms. The summed E-state index contributed by atoms with van der Waals surface area (Å²) in [4.78, 5) is 26.9. The van der Waals surface area contributed by atoms with Crippen LogP contribution in [0.2, 0.25) is 5.02 Å². The first kappa shape index (κ1) is 22.3. The number of aliphatic hydroxyl groups excluding tert-OH is 1. The molecular formula is C22H30ClN3O5. The van der Waals surface area contributed by atoms with Crippen LogP contribution in [0.15, 0.2) is 24.3 Å². The highest BCUT2D eigenvalue weighted by Gasteiger charge is 2.40. The van der Waals surface area contributed by atoms with Crippen molar-refractivity contribution in [3.63, 3.8) is 0 Å². The molecule has 170 valence electrons. The van der Waals surface area contributed by atoms with E-state index in [0.717, 1.165) is 6.54 Å². The molecule has 3 amide bonds. The Hall–Kier alpha value is -1.87. The number of ether oxygens (including phenoxy) is 2. The number of amides is 3. The molecular weight excluding hydrogens is 422 g/mol. The van der Waals surface area contributed by atoms with Crippen molar-refractivity contribution in [1.29, 1.82) is 0 Å². The zero-order valence-corrected chi connectivity index (χ0v) is 18.2. The highest BCUT2D eigenvalue weighted by molar-refractivity contribution is 6.30. The fourth-order valence-electron chi connectivity index (χ4n) is 4.16. The van der Waals surface area contributed by atoms with Crippen molar-refractivity contribution in [2.45, 2.75) is 56.5 Å². The average molecular weight is 452 g/mol. The lowest BCUT2D eigenvalue weighted by molar-refractivity contribution is -0.149. The molecule has 2 heterocycles. The summed E-state index contributed by atoms with van der Waals surface area (Å²) in [5, 5.41) is 16.7. The van der Waals surface area contributed by atoms with Gasteiger partial charge in [-0.25, -0.2) is 4.79 Å². The van der Waals surface area contributed by atoms with Gasteiger partial charge in [-0.2, -0.15) is 0 Å². The van der Waals surface area contributed by atoms with Gasteiger partial charge in [0.05, 0.1) is 44.4 Å². The van der Waals surface area contributed by atoms with E-state index in [-0.39, 0.29) is 49.9 Å². The number of fused-ring (bicyclic) bond motifs is 1. The lowest BCUT2D eigenvalue weighted by atomic mass is 9.95. The van der Waals surface area contributed by atoms with Crippen LogP contribution in [0.3, 0.4) is 0 Å². The summed E-state index contributed by atoms with van der Waals surface area (Å²) < 4.78 is 11.8. The van der Waals surface area contributed by atoms with Crippen LogP contribution >= 0.6 is 11.6 Å². The average Bonchev–Trinajstić information content (AvgIpc) is 3.56. The van der Waals surface area contributed by atoms with Gasteiger partial charge in [-0.15, -0.1) is 0 Å². The number of hydrogen-bond acceptors (Lipinski definition) is 5. The van der Waals surface area contributed by atoms with Gasteiger partial charge >= 0.3 is 6.03 Å². The smallest absolute Gasteiger partial charge is 0.322 e. The molecule has 4 atom stereocenters. The maximum Gasteiger partial charge on any atom is 0.322 e. The summed E-state index contributed by atoms with van der Waals surface area (Å²) in [6.45, 7) is 1.30. The molecule has 1 aromatic rings. The van der Waals surface area contributed by atoms with Crippen molar-refractivity contribution in [3.05, 3.63) is 29.3 Å². The quantitative estimate of drug-likeness (QED) is 0.638. The Balaban J connectivity index is 1.38. The summed E-state index contributed by atoms with van der Waals surface area (Å²) in [6.07, 6.45) is 2.72. The van der Waals surface area contributed by atoms with Gasteiger partial charge in [0.2, 0.25) is 5.91 Å². The number of carbonyl (C=O) groups is 2. The Morgan fingerprint density at radius 2 is 1.90 bits per heavy atom. The van der Waals surface area contributed by atoms with Gasteiger partial charge in [0.15, 0.2) is 0 Å². The van der Waals surface area contributed by atoms with Crippen LogP contribution in [0.5, 0.6) is 0 Å². The van der Waals surface area contributed by atoms with Crippen molar-refractivity contribution in [1.82, 2.24) is 10.2 Å². The molecule has 8 nitrogen and oxygen atoms in total. The summed E-state index contributed by atoms with van der Waals surface area (Å²) in [5.41, 5.74) is 0.626. The van der Waals surface area contributed by atoms with Gasteiger partial charge in [-0.05, 0) is 55.9 Å². The molecule has 0 spiro atoms. The third-order valence-electron chi connectivity index (χ3n) is 6.04. The summed E-state index contributed by atoms with van der Waals surface area (Å²) >= 11 is 5.92. The minimum atomic E-state index is -0.775. The van der Waals surface area contributed by atoms with E-state index in [1.54, 1.807) is 29.2 Å². The van der Waals surface area contributed by atoms with E-state index in [1.165, 1.54) is 12.8 Å². The molecule has 0 aromatic heterocycles. The van der Waals surface area contributed by atoms with E-state index in [2.05, 4.69) is 10.6 Å². The number of rotatable bonds is 5. The fraction of sp³-hybridized carbons (Fsp3) is 0.636. The van der Waals surface area contributed by atoms with Crippen LogP contribution in [-0.4, -0.2) is 72.6 Å². The molecule has 2 saturated heterocycles. The zero-order valence-electron chi connectivity index (χ0n) is 17.5. The Labute approximate surface area is 187 Å². The molecule has 31 heavy (non-hydrogen) atoms. The van der Waals surface area contributed by atoms with E-state index in [9.17, 15) is 14.7 Å². The molecule has 3 N–H and O–H groups in total. The first-order valence-electron chi connectivity index (χ1n) is 11.0. The number of aliphatic hydroxyl groups is 1. The van der Waals surface area contributed by atoms with Crippen LogP contribution in [0.25, 0.3) is 0 Å². The Kier molecular flexibility index (Phi) is 7.32. The summed E-state index contributed by atoms with van der Waals surface area (Å²) in [7, 11) is 0. The predicted molar refractivity (Wildman–Crippen MR) is 116 cm³/mol.